The number of aryl methyl sites for hydroxylation is 1. The number of hydrogen-bond acceptors (Lipinski definition) is 5. The summed E-state index contributed by atoms with van der Waals surface area (Å²) >= 11 is 0. The zero-order valence-electron chi connectivity index (χ0n) is 19.5. The number of ether oxygens (including phenoxy) is 1. The van der Waals surface area contributed by atoms with Gasteiger partial charge in [-0.25, -0.2) is 18.7 Å². The molecular weight excluding hydrogens is 425 g/mol. The second kappa shape index (κ2) is 8.46. The van der Waals surface area contributed by atoms with Crippen LogP contribution in [0.25, 0.3) is 16.9 Å². The SMILES string of the molecule is Cc1cc(-c2ccc(F)cc2)nn2cc(C(=O)N3CCN(C(=O)OC(C)(C)C)C(C)C3)nc12. The molecule has 33 heavy (non-hydrogen) atoms. The molecule has 0 saturated carbocycles. The van der Waals surface area contributed by atoms with E-state index in [4.69, 9.17) is 4.74 Å². The molecule has 1 aliphatic rings. The minimum absolute atomic E-state index is 0.181. The Bertz CT molecular complexity index is 1200. The van der Waals surface area contributed by atoms with E-state index in [1.807, 2.05) is 40.7 Å². The smallest absolute Gasteiger partial charge is 0.410 e. The van der Waals surface area contributed by atoms with Crippen molar-refractivity contribution >= 4 is 17.6 Å². The van der Waals surface area contributed by atoms with Crippen LogP contribution in [-0.2, 0) is 4.74 Å². The lowest BCUT2D eigenvalue weighted by Crippen LogP contribution is -2.56. The molecule has 1 saturated heterocycles. The first-order valence-electron chi connectivity index (χ1n) is 10.9. The molecule has 1 atom stereocenters. The molecule has 0 spiro atoms. The van der Waals surface area contributed by atoms with Crippen LogP contribution < -0.4 is 0 Å². The van der Waals surface area contributed by atoms with Crippen LogP contribution in [0.5, 0.6) is 0 Å². The van der Waals surface area contributed by atoms with Gasteiger partial charge in [0.1, 0.15) is 17.1 Å². The molecule has 174 valence electrons. The molecule has 2 aromatic heterocycles. The Labute approximate surface area is 192 Å². The van der Waals surface area contributed by atoms with E-state index in [0.29, 0.717) is 36.7 Å². The monoisotopic (exact) mass is 453 g/mol. The summed E-state index contributed by atoms with van der Waals surface area (Å²) in [5.41, 5.74) is 2.60. The van der Waals surface area contributed by atoms with Crippen LogP contribution in [0, 0.1) is 12.7 Å². The molecule has 4 rings (SSSR count). The van der Waals surface area contributed by atoms with Crippen molar-refractivity contribution in [2.75, 3.05) is 19.6 Å². The maximum absolute atomic E-state index is 13.3. The molecule has 1 aromatic carbocycles. The van der Waals surface area contributed by atoms with Gasteiger partial charge in [0, 0.05) is 31.2 Å². The molecule has 0 N–H and O–H groups in total. The molecule has 3 heterocycles. The highest BCUT2D eigenvalue weighted by Crippen LogP contribution is 2.22. The van der Waals surface area contributed by atoms with Crippen LogP contribution in [0.4, 0.5) is 9.18 Å². The van der Waals surface area contributed by atoms with Gasteiger partial charge in [0.25, 0.3) is 5.91 Å². The lowest BCUT2D eigenvalue weighted by molar-refractivity contribution is 0.00191. The van der Waals surface area contributed by atoms with E-state index >= 15 is 0 Å². The Morgan fingerprint density at radius 3 is 2.48 bits per heavy atom. The summed E-state index contributed by atoms with van der Waals surface area (Å²) in [7, 11) is 0. The topological polar surface area (TPSA) is 80.0 Å². The largest absolute Gasteiger partial charge is 0.444 e. The number of aromatic nitrogens is 3. The van der Waals surface area contributed by atoms with Crippen molar-refractivity contribution in [1.29, 1.82) is 0 Å². The summed E-state index contributed by atoms with van der Waals surface area (Å²) in [6.07, 6.45) is 1.24. The van der Waals surface area contributed by atoms with E-state index in [1.54, 1.807) is 32.6 Å². The molecule has 2 amide bonds. The quantitative estimate of drug-likeness (QED) is 0.588. The number of hydrogen-bond donors (Lipinski definition) is 0. The van der Waals surface area contributed by atoms with Crippen molar-refractivity contribution in [3.05, 3.63) is 53.6 Å². The molecule has 9 heteroatoms. The van der Waals surface area contributed by atoms with Gasteiger partial charge >= 0.3 is 6.09 Å². The third-order valence-corrected chi connectivity index (χ3v) is 5.51. The van der Waals surface area contributed by atoms with E-state index in [0.717, 1.165) is 11.1 Å². The van der Waals surface area contributed by atoms with Crippen molar-refractivity contribution < 1.29 is 18.7 Å². The maximum atomic E-state index is 13.3. The van der Waals surface area contributed by atoms with Gasteiger partial charge in [-0.15, -0.1) is 0 Å². The lowest BCUT2D eigenvalue weighted by atomic mass is 10.1. The van der Waals surface area contributed by atoms with Crippen LogP contribution in [0.2, 0.25) is 0 Å². The molecule has 1 fully saturated rings. The second-order valence-corrected chi connectivity index (χ2v) is 9.39. The van der Waals surface area contributed by atoms with Crippen molar-refractivity contribution in [1.82, 2.24) is 24.4 Å². The van der Waals surface area contributed by atoms with Crippen molar-refractivity contribution in [3.8, 4) is 11.3 Å². The predicted octanol–water partition coefficient (Wildman–Crippen LogP) is 3.93. The first kappa shape index (κ1) is 22.7. The number of carbonyl (C=O) groups excluding carboxylic acids is 2. The fraction of sp³-hybridized carbons (Fsp3) is 0.417. The van der Waals surface area contributed by atoms with Gasteiger partial charge in [0.2, 0.25) is 0 Å². The average molecular weight is 454 g/mol. The highest BCUT2D eigenvalue weighted by atomic mass is 19.1. The Hall–Kier alpha value is -3.49. The predicted molar refractivity (Wildman–Crippen MR) is 121 cm³/mol. The number of carbonyl (C=O) groups is 2. The van der Waals surface area contributed by atoms with Gasteiger partial charge in [-0.2, -0.15) is 5.10 Å². The first-order valence-corrected chi connectivity index (χ1v) is 10.9. The maximum Gasteiger partial charge on any atom is 0.410 e. The van der Waals surface area contributed by atoms with E-state index < -0.39 is 5.60 Å². The number of nitrogens with zero attached hydrogens (tertiary/aromatic N) is 5. The summed E-state index contributed by atoms with van der Waals surface area (Å²) in [6, 6.07) is 7.79. The van der Waals surface area contributed by atoms with E-state index in [2.05, 4.69) is 10.1 Å². The van der Waals surface area contributed by atoms with Gasteiger partial charge < -0.3 is 14.5 Å². The third-order valence-electron chi connectivity index (χ3n) is 5.51. The molecule has 8 nitrogen and oxygen atoms in total. The van der Waals surface area contributed by atoms with E-state index in [-0.39, 0.29) is 23.9 Å². The molecule has 0 aliphatic carbocycles. The minimum atomic E-state index is -0.572. The normalized spacial score (nSPS) is 16.8. The third kappa shape index (κ3) is 4.81. The van der Waals surface area contributed by atoms with Crippen LogP contribution >= 0.6 is 0 Å². The van der Waals surface area contributed by atoms with Crippen molar-refractivity contribution in [2.45, 2.75) is 46.3 Å². The summed E-state index contributed by atoms with van der Waals surface area (Å²) in [5, 5.41) is 4.56. The lowest BCUT2D eigenvalue weighted by Gasteiger charge is -2.40. The molecule has 0 radical (unpaired) electrons. The fourth-order valence-electron chi connectivity index (χ4n) is 3.89. The number of piperazine rings is 1. The average Bonchev–Trinajstić information content (AvgIpc) is 3.17. The summed E-state index contributed by atoms with van der Waals surface area (Å²) in [5.74, 6) is -0.521. The number of amides is 2. The van der Waals surface area contributed by atoms with Crippen molar-refractivity contribution in [3.63, 3.8) is 0 Å². The summed E-state index contributed by atoms with van der Waals surface area (Å²) in [6.45, 7) is 10.5. The Balaban J connectivity index is 1.52. The van der Waals surface area contributed by atoms with Gasteiger partial charge in [0.05, 0.1) is 11.9 Å². The van der Waals surface area contributed by atoms with Crippen LogP contribution in [0.15, 0.2) is 36.5 Å². The minimum Gasteiger partial charge on any atom is -0.444 e. The first-order chi connectivity index (χ1) is 15.5. The van der Waals surface area contributed by atoms with Crippen LogP contribution in [0.3, 0.4) is 0 Å². The van der Waals surface area contributed by atoms with Gasteiger partial charge in [-0.05, 0) is 70.5 Å². The molecular formula is C24H28FN5O3. The standard InChI is InChI=1S/C24H28FN5O3/c1-15-12-19(17-6-8-18(25)9-7-17)27-30-14-20(26-21(15)30)22(31)28-10-11-29(16(2)13-28)23(32)33-24(3,4)5/h6-9,12,14,16H,10-11,13H2,1-5H3. The Kier molecular flexibility index (Phi) is 5.82. The fourth-order valence-corrected chi connectivity index (χ4v) is 3.89. The molecule has 1 aliphatic heterocycles. The van der Waals surface area contributed by atoms with Crippen LogP contribution in [-0.4, -0.2) is 67.7 Å². The zero-order valence-corrected chi connectivity index (χ0v) is 19.5. The Morgan fingerprint density at radius 2 is 1.85 bits per heavy atom. The van der Waals surface area contributed by atoms with E-state index in [9.17, 15) is 14.0 Å². The molecule has 0 bridgehead atoms. The number of rotatable bonds is 2. The highest BCUT2D eigenvalue weighted by molar-refractivity contribution is 5.93. The zero-order chi connectivity index (χ0) is 23.9. The Morgan fingerprint density at radius 1 is 1.15 bits per heavy atom. The molecule has 3 aromatic rings. The number of halogens is 1. The van der Waals surface area contributed by atoms with Crippen LogP contribution in [0.1, 0.15) is 43.7 Å². The summed E-state index contributed by atoms with van der Waals surface area (Å²) < 4.78 is 20.3. The highest BCUT2D eigenvalue weighted by Gasteiger charge is 2.33. The van der Waals surface area contributed by atoms with Gasteiger partial charge in [-0.1, -0.05) is 0 Å². The number of benzene rings is 1. The second-order valence-electron chi connectivity index (χ2n) is 9.39. The van der Waals surface area contributed by atoms with Crippen molar-refractivity contribution in [2.24, 2.45) is 0 Å². The van der Waals surface area contributed by atoms with Gasteiger partial charge in [0.15, 0.2) is 5.65 Å². The van der Waals surface area contributed by atoms with E-state index in [1.165, 1.54) is 12.1 Å². The molecule has 1 unspecified atom stereocenters. The summed E-state index contributed by atoms with van der Waals surface area (Å²) in [4.78, 5) is 33.5. The number of fused-ring (bicyclic) bond motifs is 1. The number of imidazole rings is 1. The van der Waals surface area contributed by atoms with Gasteiger partial charge in [-0.3, -0.25) is 4.79 Å².